The zero-order chi connectivity index (χ0) is 18.4. The lowest BCUT2D eigenvalue weighted by molar-refractivity contribution is -0.114. The van der Waals surface area contributed by atoms with Gasteiger partial charge in [-0.05, 0) is 12.5 Å². The quantitative estimate of drug-likeness (QED) is 0.714. The van der Waals surface area contributed by atoms with Gasteiger partial charge in [0, 0.05) is 38.0 Å². The molecule has 1 aliphatic carbocycles. The van der Waals surface area contributed by atoms with E-state index in [1.54, 1.807) is 13.0 Å². The van der Waals surface area contributed by atoms with Gasteiger partial charge in [0.25, 0.3) is 0 Å². The number of amides is 2. The number of allylic oxidation sites excluding steroid dienone is 2. The molecule has 1 aromatic heterocycles. The SMILES string of the molecule is CCc1nc(C)oc1C(=O)N=C1C=C(OCCCO)C=C(C(N)=O)C1. The van der Waals surface area contributed by atoms with Gasteiger partial charge in [-0.3, -0.25) is 9.59 Å². The van der Waals surface area contributed by atoms with Crippen LogP contribution in [-0.2, 0) is 16.0 Å². The van der Waals surface area contributed by atoms with E-state index in [0.717, 1.165) is 0 Å². The summed E-state index contributed by atoms with van der Waals surface area (Å²) in [5.41, 5.74) is 6.51. The van der Waals surface area contributed by atoms with Crippen LogP contribution in [0.5, 0.6) is 0 Å². The number of carbonyl (C=O) groups is 2. The number of oxazole rings is 1. The highest BCUT2D eigenvalue weighted by Crippen LogP contribution is 2.19. The second-order valence-electron chi connectivity index (χ2n) is 5.45. The Hall–Kier alpha value is -2.74. The summed E-state index contributed by atoms with van der Waals surface area (Å²) in [4.78, 5) is 32.1. The second kappa shape index (κ2) is 8.39. The average molecular weight is 347 g/mol. The van der Waals surface area contributed by atoms with Crippen molar-refractivity contribution in [2.75, 3.05) is 13.2 Å². The molecule has 2 amide bonds. The Labute approximate surface area is 145 Å². The van der Waals surface area contributed by atoms with Crippen molar-refractivity contribution in [1.29, 1.82) is 0 Å². The van der Waals surface area contributed by atoms with E-state index in [0.29, 0.717) is 35.9 Å². The van der Waals surface area contributed by atoms with E-state index in [4.69, 9.17) is 20.0 Å². The van der Waals surface area contributed by atoms with Crippen molar-refractivity contribution >= 4 is 17.5 Å². The van der Waals surface area contributed by atoms with Crippen LogP contribution in [0.4, 0.5) is 0 Å². The standard InChI is InChI=1S/C17H21N3O5/c1-3-14-15(25-10(2)19-14)17(23)20-12-7-11(16(18)22)8-13(9-12)24-6-4-5-21/h8-9,21H,3-7H2,1-2H3,(H2,18,22). The third-order valence-corrected chi connectivity index (χ3v) is 3.46. The number of aliphatic imine (C=N–C) groups is 1. The molecule has 0 aliphatic heterocycles. The molecule has 0 aromatic carbocycles. The zero-order valence-corrected chi connectivity index (χ0v) is 14.2. The fraction of sp³-hybridized carbons (Fsp3) is 0.412. The summed E-state index contributed by atoms with van der Waals surface area (Å²) in [6.45, 7) is 3.78. The average Bonchev–Trinajstić information content (AvgIpc) is 2.96. The van der Waals surface area contributed by atoms with Gasteiger partial charge < -0.3 is 20.0 Å². The van der Waals surface area contributed by atoms with Gasteiger partial charge in [0.15, 0.2) is 5.89 Å². The monoisotopic (exact) mass is 347 g/mol. The fourth-order valence-electron chi connectivity index (χ4n) is 2.30. The van der Waals surface area contributed by atoms with Gasteiger partial charge in [-0.15, -0.1) is 0 Å². The lowest BCUT2D eigenvalue weighted by atomic mass is 10.0. The van der Waals surface area contributed by atoms with Crippen LogP contribution in [0, 0.1) is 6.92 Å². The number of hydrogen-bond donors (Lipinski definition) is 2. The molecule has 0 fully saturated rings. The molecule has 8 heteroatoms. The van der Waals surface area contributed by atoms with Crippen LogP contribution in [0.2, 0.25) is 0 Å². The minimum atomic E-state index is -0.610. The lowest BCUT2D eigenvalue weighted by Crippen LogP contribution is -2.20. The third kappa shape index (κ3) is 4.87. The number of ether oxygens (including phenoxy) is 1. The van der Waals surface area contributed by atoms with Crippen LogP contribution in [0.3, 0.4) is 0 Å². The normalized spacial score (nSPS) is 15.7. The molecule has 0 radical (unpaired) electrons. The Morgan fingerprint density at radius 3 is 2.84 bits per heavy atom. The first-order valence-electron chi connectivity index (χ1n) is 7.98. The molecule has 134 valence electrons. The smallest absolute Gasteiger partial charge is 0.314 e. The van der Waals surface area contributed by atoms with E-state index in [9.17, 15) is 9.59 Å². The number of hydrogen-bond acceptors (Lipinski definition) is 6. The number of carbonyl (C=O) groups excluding carboxylic acids is 2. The van der Waals surface area contributed by atoms with Crippen LogP contribution >= 0.6 is 0 Å². The van der Waals surface area contributed by atoms with Crippen molar-refractivity contribution in [3.05, 3.63) is 40.8 Å². The molecular weight excluding hydrogens is 326 g/mol. The van der Waals surface area contributed by atoms with E-state index in [2.05, 4.69) is 9.98 Å². The molecule has 2 rings (SSSR count). The van der Waals surface area contributed by atoms with Gasteiger partial charge in [0.1, 0.15) is 5.76 Å². The highest BCUT2D eigenvalue weighted by atomic mass is 16.5. The number of aryl methyl sites for hydroxylation is 2. The van der Waals surface area contributed by atoms with Gasteiger partial charge in [0.05, 0.1) is 18.0 Å². The van der Waals surface area contributed by atoms with Crippen LogP contribution in [0.1, 0.15) is 41.9 Å². The molecule has 0 bridgehead atoms. The van der Waals surface area contributed by atoms with E-state index in [1.807, 2.05) is 6.92 Å². The number of aromatic nitrogens is 1. The summed E-state index contributed by atoms with van der Waals surface area (Å²) in [5, 5.41) is 8.81. The number of aliphatic hydroxyl groups is 1. The first-order chi connectivity index (χ1) is 11.9. The van der Waals surface area contributed by atoms with E-state index in [1.165, 1.54) is 6.08 Å². The maximum absolute atomic E-state index is 12.4. The van der Waals surface area contributed by atoms with Gasteiger partial charge >= 0.3 is 5.91 Å². The van der Waals surface area contributed by atoms with Gasteiger partial charge in [-0.25, -0.2) is 9.98 Å². The molecule has 0 spiro atoms. The van der Waals surface area contributed by atoms with Crippen molar-refractivity contribution in [2.24, 2.45) is 10.7 Å². The fourth-order valence-corrected chi connectivity index (χ4v) is 2.30. The third-order valence-electron chi connectivity index (χ3n) is 3.46. The maximum atomic E-state index is 12.4. The second-order valence-corrected chi connectivity index (χ2v) is 5.45. The summed E-state index contributed by atoms with van der Waals surface area (Å²) in [6.07, 6.45) is 4.19. The van der Waals surface area contributed by atoms with Crippen LogP contribution in [-0.4, -0.2) is 40.8 Å². The molecule has 3 N–H and O–H groups in total. The summed E-state index contributed by atoms with van der Waals surface area (Å²) >= 11 is 0. The van der Waals surface area contributed by atoms with Gasteiger partial charge in [-0.2, -0.15) is 0 Å². The van der Waals surface area contributed by atoms with Crippen LogP contribution < -0.4 is 5.73 Å². The highest BCUT2D eigenvalue weighted by Gasteiger charge is 2.21. The number of rotatable bonds is 7. The molecule has 0 unspecified atom stereocenters. The molecule has 0 saturated heterocycles. The predicted octanol–water partition coefficient (Wildman–Crippen LogP) is 1.22. The van der Waals surface area contributed by atoms with E-state index in [-0.39, 0.29) is 31.0 Å². The van der Waals surface area contributed by atoms with Crippen molar-refractivity contribution < 1.29 is 23.8 Å². The Morgan fingerprint density at radius 2 is 2.20 bits per heavy atom. The lowest BCUT2D eigenvalue weighted by Gasteiger charge is -2.14. The summed E-state index contributed by atoms with van der Waals surface area (Å²) < 4.78 is 10.8. The number of nitrogens with zero attached hydrogens (tertiary/aromatic N) is 2. The molecular formula is C17H21N3O5. The topological polar surface area (TPSA) is 128 Å². The largest absolute Gasteiger partial charge is 0.493 e. The predicted molar refractivity (Wildman–Crippen MR) is 90.0 cm³/mol. The molecule has 1 aromatic rings. The first-order valence-corrected chi connectivity index (χ1v) is 7.98. The molecule has 8 nitrogen and oxygen atoms in total. The van der Waals surface area contributed by atoms with E-state index < -0.39 is 11.8 Å². The van der Waals surface area contributed by atoms with Crippen molar-refractivity contribution in [1.82, 2.24) is 4.98 Å². The van der Waals surface area contributed by atoms with Crippen molar-refractivity contribution in [3.8, 4) is 0 Å². The molecule has 1 heterocycles. The molecule has 0 saturated carbocycles. The van der Waals surface area contributed by atoms with Crippen LogP contribution in [0.15, 0.2) is 32.9 Å². The van der Waals surface area contributed by atoms with Crippen molar-refractivity contribution in [2.45, 2.75) is 33.1 Å². The van der Waals surface area contributed by atoms with Crippen molar-refractivity contribution in [3.63, 3.8) is 0 Å². The Morgan fingerprint density at radius 1 is 1.44 bits per heavy atom. The first kappa shape index (κ1) is 18.6. The summed E-state index contributed by atoms with van der Waals surface area (Å²) in [6, 6.07) is 0. The van der Waals surface area contributed by atoms with Gasteiger partial charge in [-0.1, -0.05) is 6.92 Å². The summed E-state index contributed by atoms with van der Waals surface area (Å²) in [5.74, 6) is -0.320. The minimum absolute atomic E-state index is 0.0102. The molecule has 25 heavy (non-hydrogen) atoms. The number of primary amides is 1. The summed E-state index contributed by atoms with van der Waals surface area (Å²) in [7, 11) is 0. The highest BCUT2D eigenvalue weighted by molar-refractivity contribution is 6.12. The Kier molecular flexibility index (Phi) is 6.24. The molecule has 1 aliphatic rings. The molecule has 0 atom stereocenters. The van der Waals surface area contributed by atoms with E-state index >= 15 is 0 Å². The van der Waals surface area contributed by atoms with Crippen LogP contribution in [0.25, 0.3) is 0 Å². The minimum Gasteiger partial charge on any atom is -0.493 e. The van der Waals surface area contributed by atoms with Gasteiger partial charge in [0.2, 0.25) is 11.7 Å². The maximum Gasteiger partial charge on any atom is 0.314 e. The number of nitrogens with two attached hydrogens (primary N) is 1. The zero-order valence-electron chi connectivity index (χ0n) is 14.2. The Bertz CT molecular complexity index is 758. The number of aliphatic hydroxyl groups excluding tert-OH is 1. The Balaban J connectivity index is 2.26.